The van der Waals surface area contributed by atoms with Gasteiger partial charge >= 0.3 is 0 Å². The van der Waals surface area contributed by atoms with Gasteiger partial charge in [0.2, 0.25) is 20.0 Å². The van der Waals surface area contributed by atoms with E-state index in [2.05, 4.69) is 0 Å². The molecule has 0 heterocycles. The van der Waals surface area contributed by atoms with Crippen LogP contribution in [0.2, 0.25) is 0 Å². The highest BCUT2D eigenvalue weighted by molar-refractivity contribution is 7.89. The second-order valence-electron chi connectivity index (χ2n) is 12.2. The van der Waals surface area contributed by atoms with E-state index in [9.17, 15) is 16.8 Å². The molecule has 0 atom stereocenters. The van der Waals surface area contributed by atoms with Crippen molar-refractivity contribution in [3.8, 4) is 0 Å². The Morgan fingerprint density at radius 2 is 0.667 bits per heavy atom. The molecule has 0 unspecified atom stereocenters. The van der Waals surface area contributed by atoms with Crippen molar-refractivity contribution in [3.63, 3.8) is 0 Å². The first-order valence-electron chi connectivity index (χ1n) is 17.0. The van der Waals surface area contributed by atoms with E-state index in [1.165, 1.54) is 0 Å². The molecule has 2 aromatic rings. The number of unbranched alkanes of at least 4 members (excludes halogenated alkanes) is 12. The predicted octanol–water partition coefficient (Wildman–Crippen LogP) is 6.82. The molecule has 2 rings (SSSR count). The fourth-order valence-electron chi connectivity index (χ4n) is 5.39. The number of hydrogen-bond donors (Lipinski definition) is 2. The Labute approximate surface area is 274 Å². The normalized spacial score (nSPS) is 12.4. The number of rotatable bonds is 26. The van der Waals surface area contributed by atoms with E-state index in [0.29, 0.717) is 36.0 Å². The standard InChI is InChI=1S/C35H58N2O6S2/c1-32-18-22-34(23-19-32)44(40,41)36(28-14-8-4-10-16-30-38)26-12-6-3-7-13-27-37(29-15-9-5-11-17-31-39)45(42,43)35-24-20-33(2)21-25-35/h18-25,38-39H,3-17,26-31H2,1-2H3. The summed E-state index contributed by atoms with van der Waals surface area (Å²) < 4.78 is 57.1. The molecule has 0 amide bonds. The molecule has 10 heteroatoms. The van der Waals surface area contributed by atoms with Crippen LogP contribution in [-0.2, 0) is 20.0 Å². The molecule has 0 fully saturated rings. The van der Waals surface area contributed by atoms with Crippen molar-refractivity contribution in [2.75, 3.05) is 39.4 Å². The third kappa shape index (κ3) is 14.6. The molecule has 8 nitrogen and oxygen atoms in total. The van der Waals surface area contributed by atoms with Crippen LogP contribution >= 0.6 is 0 Å². The summed E-state index contributed by atoms with van der Waals surface area (Å²) >= 11 is 0. The average Bonchev–Trinajstić information content (AvgIpc) is 3.02. The minimum Gasteiger partial charge on any atom is -0.396 e. The summed E-state index contributed by atoms with van der Waals surface area (Å²) in [6.07, 6.45) is 13.1. The lowest BCUT2D eigenvalue weighted by Gasteiger charge is -2.23. The van der Waals surface area contributed by atoms with Gasteiger partial charge in [-0.15, -0.1) is 0 Å². The van der Waals surface area contributed by atoms with E-state index < -0.39 is 20.0 Å². The molecule has 0 saturated heterocycles. The van der Waals surface area contributed by atoms with E-state index in [1.54, 1.807) is 32.9 Å². The van der Waals surface area contributed by atoms with Gasteiger partial charge in [0, 0.05) is 39.4 Å². The van der Waals surface area contributed by atoms with Gasteiger partial charge in [-0.1, -0.05) is 93.2 Å². The van der Waals surface area contributed by atoms with E-state index in [4.69, 9.17) is 10.2 Å². The van der Waals surface area contributed by atoms with Crippen molar-refractivity contribution in [3.05, 3.63) is 59.7 Å². The number of benzene rings is 2. The zero-order valence-corrected chi connectivity index (χ0v) is 29.3. The van der Waals surface area contributed by atoms with Crippen molar-refractivity contribution in [1.82, 2.24) is 8.61 Å². The van der Waals surface area contributed by atoms with E-state index in [1.807, 2.05) is 38.1 Å². The maximum absolute atomic E-state index is 13.5. The van der Waals surface area contributed by atoms with Crippen LogP contribution in [0, 0.1) is 13.8 Å². The maximum Gasteiger partial charge on any atom is 0.243 e. The molecule has 0 spiro atoms. The Morgan fingerprint density at radius 1 is 0.422 bits per heavy atom. The SMILES string of the molecule is Cc1ccc(S(=O)(=O)N(CCCCCCCO)CCCCCCCN(CCCCCCCO)S(=O)(=O)c2ccc(C)cc2)cc1. The summed E-state index contributed by atoms with van der Waals surface area (Å²) in [5.74, 6) is 0. The Balaban J connectivity index is 1.89. The number of nitrogens with zero attached hydrogens (tertiary/aromatic N) is 2. The number of aryl methyl sites for hydroxylation is 2. The van der Waals surface area contributed by atoms with Gasteiger partial charge in [0.25, 0.3) is 0 Å². The van der Waals surface area contributed by atoms with Crippen LogP contribution in [0.3, 0.4) is 0 Å². The van der Waals surface area contributed by atoms with Crippen LogP contribution in [0.25, 0.3) is 0 Å². The van der Waals surface area contributed by atoms with Crippen LogP contribution in [0.1, 0.15) is 107 Å². The van der Waals surface area contributed by atoms with Crippen LogP contribution in [0.15, 0.2) is 58.3 Å². The van der Waals surface area contributed by atoms with Crippen molar-refractivity contribution in [2.24, 2.45) is 0 Å². The molecule has 45 heavy (non-hydrogen) atoms. The number of aliphatic hydroxyl groups is 2. The van der Waals surface area contributed by atoms with Gasteiger partial charge in [-0.25, -0.2) is 16.8 Å². The molecule has 2 N–H and O–H groups in total. The Hall–Kier alpha value is -1.82. The lowest BCUT2D eigenvalue weighted by molar-refractivity contribution is 0.281. The van der Waals surface area contributed by atoms with Gasteiger partial charge < -0.3 is 10.2 Å². The lowest BCUT2D eigenvalue weighted by Crippen LogP contribution is -2.33. The Bertz CT molecular complexity index is 1170. The van der Waals surface area contributed by atoms with Crippen LogP contribution < -0.4 is 0 Å². The van der Waals surface area contributed by atoms with Gasteiger partial charge in [-0.05, 0) is 76.6 Å². The largest absolute Gasteiger partial charge is 0.396 e. The third-order valence-electron chi connectivity index (χ3n) is 8.26. The number of hydrogen-bond acceptors (Lipinski definition) is 6. The van der Waals surface area contributed by atoms with Gasteiger partial charge in [0.15, 0.2) is 0 Å². The van der Waals surface area contributed by atoms with Gasteiger partial charge in [0.1, 0.15) is 0 Å². The lowest BCUT2D eigenvalue weighted by atomic mass is 10.1. The van der Waals surface area contributed by atoms with Gasteiger partial charge in [0.05, 0.1) is 9.79 Å². The summed E-state index contributed by atoms with van der Waals surface area (Å²) in [5, 5.41) is 18.0. The third-order valence-corrected chi connectivity index (χ3v) is 12.1. The van der Waals surface area contributed by atoms with Crippen LogP contribution in [0.4, 0.5) is 0 Å². The maximum atomic E-state index is 13.5. The molecule has 0 radical (unpaired) electrons. The quantitative estimate of drug-likeness (QED) is 0.107. The van der Waals surface area contributed by atoms with Crippen molar-refractivity contribution < 1.29 is 27.0 Å². The van der Waals surface area contributed by atoms with Gasteiger partial charge in [-0.3, -0.25) is 0 Å². The van der Waals surface area contributed by atoms with Crippen molar-refractivity contribution in [1.29, 1.82) is 0 Å². The monoisotopic (exact) mass is 666 g/mol. The first-order valence-corrected chi connectivity index (χ1v) is 19.9. The molecule has 2 aromatic carbocycles. The topological polar surface area (TPSA) is 115 Å². The fourth-order valence-corrected chi connectivity index (χ4v) is 8.42. The Morgan fingerprint density at radius 3 is 0.933 bits per heavy atom. The van der Waals surface area contributed by atoms with E-state index in [-0.39, 0.29) is 13.2 Å². The molecular weight excluding hydrogens is 609 g/mol. The highest BCUT2D eigenvalue weighted by atomic mass is 32.2. The summed E-state index contributed by atoms with van der Waals surface area (Å²) in [6.45, 7) is 6.19. The van der Waals surface area contributed by atoms with Crippen LogP contribution in [-0.4, -0.2) is 75.1 Å². The highest BCUT2D eigenvalue weighted by Gasteiger charge is 2.25. The summed E-state index contributed by atoms with van der Waals surface area (Å²) in [6, 6.07) is 14.1. The number of sulfonamides is 2. The smallest absolute Gasteiger partial charge is 0.243 e. The predicted molar refractivity (Wildman–Crippen MR) is 183 cm³/mol. The molecule has 0 aliphatic rings. The molecule has 0 saturated carbocycles. The molecule has 0 aromatic heterocycles. The fraction of sp³-hybridized carbons (Fsp3) is 0.657. The average molecular weight is 667 g/mol. The minimum atomic E-state index is -3.58. The van der Waals surface area contributed by atoms with E-state index >= 15 is 0 Å². The molecule has 256 valence electrons. The zero-order chi connectivity index (χ0) is 33.0. The second-order valence-corrected chi connectivity index (χ2v) is 16.1. The summed E-state index contributed by atoms with van der Waals surface area (Å²) in [5.41, 5.74) is 2.04. The summed E-state index contributed by atoms with van der Waals surface area (Å²) in [7, 11) is -7.16. The molecule has 0 aliphatic carbocycles. The zero-order valence-electron chi connectivity index (χ0n) is 27.7. The van der Waals surface area contributed by atoms with Crippen molar-refractivity contribution in [2.45, 2.75) is 120 Å². The second kappa shape index (κ2) is 21.9. The minimum absolute atomic E-state index is 0.195. The van der Waals surface area contributed by atoms with Gasteiger partial charge in [-0.2, -0.15) is 8.61 Å². The summed E-state index contributed by atoms with van der Waals surface area (Å²) in [4.78, 5) is 0.660. The first kappa shape index (κ1) is 39.4. The van der Waals surface area contributed by atoms with Crippen LogP contribution in [0.5, 0.6) is 0 Å². The first-order chi connectivity index (χ1) is 21.6. The highest BCUT2D eigenvalue weighted by Crippen LogP contribution is 2.21. The molecule has 0 aliphatic heterocycles. The molecular formula is C35H58N2O6S2. The molecule has 0 bridgehead atoms. The number of aliphatic hydroxyl groups excluding tert-OH is 2. The van der Waals surface area contributed by atoms with Crippen molar-refractivity contribution >= 4 is 20.0 Å². The Kier molecular flexibility index (Phi) is 19.1. The van der Waals surface area contributed by atoms with E-state index in [0.717, 1.165) is 107 Å².